The summed E-state index contributed by atoms with van der Waals surface area (Å²) in [4.78, 5) is 48.1. The van der Waals surface area contributed by atoms with Crippen LogP contribution < -0.4 is 10.6 Å². The number of benzene rings is 1. The topological polar surface area (TPSA) is 139 Å². The van der Waals surface area contributed by atoms with Crippen molar-refractivity contribution in [2.75, 3.05) is 11.9 Å². The molecule has 2 amide bonds. The van der Waals surface area contributed by atoms with E-state index >= 15 is 0 Å². The second-order valence-corrected chi connectivity index (χ2v) is 7.72. The van der Waals surface area contributed by atoms with E-state index in [0.717, 1.165) is 11.3 Å². The van der Waals surface area contributed by atoms with Gasteiger partial charge in [0.25, 0.3) is 5.91 Å². The van der Waals surface area contributed by atoms with Crippen molar-refractivity contribution in [1.29, 1.82) is 0 Å². The highest BCUT2D eigenvalue weighted by molar-refractivity contribution is 7.22. The molecule has 1 aromatic carbocycles. The van der Waals surface area contributed by atoms with Gasteiger partial charge in [0, 0.05) is 18.3 Å². The number of halogens is 1. The average Bonchev–Trinajstić information content (AvgIpc) is 3.19. The van der Waals surface area contributed by atoms with Gasteiger partial charge in [0.1, 0.15) is 11.9 Å². The van der Waals surface area contributed by atoms with Crippen LogP contribution in [0.2, 0.25) is 0 Å². The second-order valence-electron chi connectivity index (χ2n) is 6.69. The first kappa shape index (κ1) is 20.9. The van der Waals surface area contributed by atoms with Gasteiger partial charge in [-0.3, -0.25) is 9.59 Å². The maximum atomic E-state index is 13.4. The normalized spacial score (nSPS) is 18.4. The molecule has 4 rings (SSSR count). The molecule has 1 saturated heterocycles. The summed E-state index contributed by atoms with van der Waals surface area (Å²) < 4.78 is 23.9. The molecule has 0 saturated carbocycles. The Kier molecular flexibility index (Phi) is 5.91. The molecule has 0 radical (unpaired) electrons. The predicted molar refractivity (Wildman–Crippen MR) is 108 cm³/mol. The van der Waals surface area contributed by atoms with Gasteiger partial charge in [-0.15, -0.1) is 0 Å². The summed E-state index contributed by atoms with van der Waals surface area (Å²) >= 11 is 1.11. The fourth-order valence-corrected chi connectivity index (χ4v) is 3.83. The molecule has 1 fully saturated rings. The van der Waals surface area contributed by atoms with Crippen LogP contribution in [0, 0.1) is 5.82 Å². The fraction of sp³-hybridized carbons (Fsp3) is 0.316. The van der Waals surface area contributed by atoms with Crippen molar-refractivity contribution >= 4 is 44.5 Å². The number of rotatable bonds is 8. The molecule has 0 aliphatic carbocycles. The van der Waals surface area contributed by atoms with Crippen molar-refractivity contribution < 1.29 is 28.2 Å². The van der Waals surface area contributed by atoms with E-state index in [2.05, 4.69) is 25.6 Å². The van der Waals surface area contributed by atoms with E-state index < -0.39 is 41.9 Å². The maximum absolute atomic E-state index is 13.4. The molecule has 10 nitrogen and oxygen atoms in total. The van der Waals surface area contributed by atoms with Gasteiger partial charge in [0.05, 0.1) is 23.2 Å². The molecule has 3 aromatic rings. The summed E-state index contributed by atoms with van der Waals surface area (Å²) in [6.07, 6.45) is 1.11. The van der Waals surface area contributed by atoms with Gasteiger partial charge in [-0.05, 0) is 25.1 Å². The Balaban J connectivity index is 1.45. The monoisotopic (exact) mass is 447 g/mol. The largest absolute Gasteiger partial charge is 0.464 e. The van der Waals surface area contributed by atoms with Gasteiger partial charge >= 0.3 is 5.97 Å². The van der Waals surface area contributed by atoms with Crippen LogP contribution in [0.4, 0.5) is 9.52 Å². The van der Waals surface area contributed by atoms with Crippen LogP contribution in [-0.2, 0) is 30.3 Å². The zero-order valence-corrected chi connectivity index (χ0v) is 17.1. The number of aromatic amines is 1. The van der Waals surface area contributed by atoms with Crippen LogP contribution in [0.1, 0.15) is 12.6 Å². The molecule has 1 aliphatic heterocycles. The SMILES string of the molecule is CCOC(=O)[C@@H]1O[C@H]1C(=O)NC(Cc1cnc[nH]1)C(=O)Nc1nc2ccc(F)cc2s1. The molecular weight excluding hydrogens is 429 g/mol. The van der Waals surface area contributed by atoms with E-state index in [1.807, 2.05) is 0 Å². The number of aromatic nitrogens is 3. The number of carbonyl (C=O) groups is 3. The minimum atomic E-state index is -1.01. The quantitative estimate of drug-likeness (QED) is 0.348. The Morgan fingerprint density at radius 2 is 2.19 bits per heavy atom. The number of thiazole rings is 1. The number of amides is 2. The molecule has 2 aromatic heterocycles. The lowest BCUT2D eigenvalue weighted by molar-refractivity contribution is -0.144. The van der Waals surface area contributed by atoms with Crippen LogP contribution in [0.15, 0.2) is 30.7 Å². The third kappa shape index (κ3) is 4.86. The average molecular weight is 447 g/mol. The Labute approximate surface area is 179 Å². The van der Waals surface area contributed by atoms with Crippen molar-refractivity contribution in [2.24, 2.45) is 0 Å². The molecular formula is C19H18FN5O5S. The van der Waals surface area contributed by atoms with Crippen LogP contribution >= 0.6 is 11.3 Å². The zero-order chi connectivity index (χ0) is 22.0. The molecule has 3 atom stereocenters. The lowest BCUT2D eigenvalue weighted by atomic mass is 10.1. The number of anilines is 1. The van der Waals surface area contributed by atoms with E-state index in [1.165, 1.54) is 30.7 Å². The number of ether oxygens (including phenoxy) is 2. The smallest absolute Gasteiger partial charge is 0.338 e. The number of hydrogen-bond donors (Lipinski definition) is 3. The molecule has 162 valence electrons. The molecule has 31 heavy (non-hydrogen) atoms. The molecule has 0 bridgehead atoms. The first-order chi connectivity index (χ1) is 14.9. The first-order valence-electron chi connectivity index (χ1n) is 9.41. The summed E-state index contributed by atoms with van der Waals surface area (Å²) in [6.45, 7) is 1.82. The molecule has 0 spiro atoms. The van der Waals surface area contributed by atoms with E-state index in [1.54, 1.807) is 6.92 Å². The molecule has 1 aliphatic rings. The van der Waals surface area contributed by atoms with Crippen LogP contribution in [0.25, 0.3) is 10.2 Å². The number of epoxide rings is 1. The summed E-state index contributed by atoms with van der Waals surface area (Å²) in [5, 5.41) is 5.50. The van der Waals surface area contributed by atoms with Crippen LogP contribution in [-0.4, -0.2) is 57.6 Å². The predicted octanol–water partition coefficient (Wildman–Crippen LogP) is 1.15. The van der Waals surface area contributed by atoms with E-state index in [9.17, 15) is 18.8 Å². The van der Waals surface area contributed by atoms with Gasteiger partial charge in [-0.2, -0.15) is 0 Å². The number of hydrogen-bond acceptors (Lipinski definition) is 8. The van der Waals surface area contributed by atoms with Gasteiger partial charge in [0.15, 0.2) is 17.3 Å². The zero-order valence-electron chi connectivity index (χ0n) is 16.3. The van der Waals surface area contributed by atoms with Crippen molar-refractivity contribution in [3.8, 4) is 0 Å². The third-order valence-corrected chi connectivity index (χ3v) is 5.39. The highest BCUT2D eigenvalue weighted by atomic mass is 32.1. The van der Waals surface area contributed by atoms with Gasteiger partial charge < -0.3 is 25.1 Å². The van der Waals surface area contributed by atoms with E-state index in [0.29, 0.717) is 15.9 Å². The minimum absolute atomic E-state index is 0.119. The number of fused-ring (bicyclic) bond motifs is 1. The molecule has 3 N–H and O–H groups in total. The highest BCUT2D eigenvalue weighted by Crippen LogP contribution is 2.27. The summed E-state index contributed by atoms with van der Waals surface area (Å²) in [5.74, 6) is -2.17. The van der Waals surface area contributed by atoms with Crippen molar-refractivity contribution in [1.82, 2.24) is 20.3 Å². The van der Waals surface area contributed by atoms with Crippen molar-refractivity contribution in [3.63, 3.8) is 0 Å². The molecule has 1 unspecified atom stereocenters. The second kappa shape index (κ2) is 8.78. The Morgan fingerprint density at radius 1 is 1.35 bits per heavy atom. The number of imidazole rings is 1. The summed E-state index contributed by atoms with van der Waals surface area (Å²) in [6, 6.07) is 3.13. The lowest BCUT2D eigenvalue weighted by Gasteiger charge is -2.16. The Hall–Kier alpha value is -3.38. The number of nitrogens with zero attached hydrogens (tertiary/aromatic N) is 2. The number of esters is 1. The highest BCUT2D eigenvalue weighted by Gasteiger charge is 2.52. The lowest BCUT2D eigenvalue weighted by Crippen LogP contribution is -2.47. The number of nitrogens with one attached hydrogen (secondary N) is 3. The van der Waals surface area contributed by atoms with Gasteiger partial charge in [-0.25, -0.2) is 19.2 Å². The number of carbonyl (C=O) groups excluding carboxylic acids is 3. The van der Waals surface area contributed by atoms with Crippen LogP contribution in [0.5, 0.6) is 0 Å². The Morgan fingerprint density at radius 3 is 2.94 bits per heavy atom. The molecule has 3 heterocycles. The summed E-state index contributed by atoms with van der Waals surface area (Å²) in [7, 11) is 0. The van der Waals surface area contributed by atoms with Crippen LogP contribution in [0.3, 0.4) is 0 Å². The minimum Gasteiger partial charge on any atom is -0.464 e. The fourth-order valence-electron chi connectivity index (χ4n) is 2.94. The van der Waals surface area contributed by atoms with Gasteiger partial charge in [-0.1, -0.05) is 11.3 Å². The third-order valence-electron chi connectivity index (χ3n) is 4.46. The molecule has 12 heteroatoms. The van der Waals surface area contributed by atoms with Gasteiger partial charge in [0.2, 0.25) is 5.91 Å². The summed E-state index contributed by atoms with van der Waals surface area (Å²) in [5.41, 5.74) is 1.16. The standard InChI is InChI=1S/C19H18FN5O5S/c1-2-29-18(28)15-14(30-15)17(27)23-12(6-10-7-21-8-22-10)16(26)25-19-24-11-4-3-9(20)5-13(11)31-19/h3-5,7-8,12,14-15H,2,6H2,1H3,(H,21,22)(H,23,27)(H,24,25,26)/t12?,14-,15-/m1/s1. The van der Waals surface area contributed by atoms with Crippen molar-refractivity contribution in [2.45, 2.75) is 31.6 Å². The van der Waals surface area contributed by atoms with E-state index in [-0.39, 0.29) is 18.2 Å². The Bertz CT molecular complexity index is 1120. The van der Waals surface area contributed by atoms with Crippen molar-refractivity contribution in [3.05, 3.63) is 42.2 Å². The van der Waals surface area contributed by atoms with E-state index in [4.69, 9.17) is 9.47 Å². The maximum Gasteiger partial charge on any atom is 0.338 e. The number of H-pyrrole nitrogens is 1. The first-order valence-corrected chi connectivity index (χ1v) is 10.2.